The number of amides is 1. The van der Waals surface area contributed by atoms with Crippen molar-refractivity contribution in [2.45, 2.75) is 19.4 Å². The Bertz CT molecular complexity index is 522. The lowest BCUT2D eigenvalue weighted by Crippen LogP contribution is -2.46. The molecule has 0 aromatic heterocycles. The minimum atomic E-state index is -2.05. The lowest BCUT2D eigenvalue weighted by Gasteiger charge is -2.18. The molecule has 0 aliphatic carbocycles. The Morgan fingerprint density at radius 3 is 2.21 bits per heavy atom. The summed E-state index contributed by atoms with van der Waals surface area (Å²) in [6, 6.07) is 6.19. The molecule has 3 N–H and O–H groups in total. The van der Waals surface area contributed by atoms with Gasteiger partial charge in [-0.3, -0.25) is 9.59 Å². The average molecular weight is 265 g/mol. The van der Waals surface area contributed by atoms with E-state index in [1.54, 1.807) is 12.1 Å². The van der Waals surface area contributed by atoms with Crippen molar-refractivity contribution in [2.24, 2.45) is 0 Å². The van der Waals surface area contributed by atoms with Crippen LogP contribution in [0.25, 0.3) is 0 Å². The van der Waals surface area contributed by atoms with Crippen LogP contribution in [0.15, 0.2) is 24.3 Å². The second-order valence-corrected chi connectivity index (χ2v) is 4.36. The minimum Gasteiger partial charge on any atom is -0.479 e. The number of rotatable bonds is 5. The van der Waals surface area contributed by atoms with Crippen LogP contribution in [0.2, 0.25) is 0 Å². The van der Waals surface area contributed by atoms with Gasteiger partial charge in [0.2, 0.25) is 0 Å². The Labute approximate surface area is 110 Å². The first-order valence-electron chi connectivity index (χ1n) is 5.59. The summed E-state index contributed by atoms with van der Waals surface area (Å²) in [5, 5.41) is 20.5. The molecule has 1 rings (SSSR count). The number of nitrogens with one attached hydrogen (secondary N) is 1. The van der Waals surface area contributed by atoms with E-state index in [2.05, 4.69) is 5.32 Å². The number of carboxylic acids is 1. The maximum absolute atomic E-state index is 11.9. The van der Waals surface area contributed by atoms with E-state index in [-0.39, 0.29) is 16.9 Å². The quantitative estimate of drug-likeness (QED) is 0.671. The molecule has 0 bridgehead atoms. The fraction of sp³-hybridized carbons (Fsp3) is 0.308. The van der Waals surface area contributed by atoms with Crippen LogP contribution in [0.3, 0.4) is 0 Å². The molecule has 0 fully saturated rings. The molecule has 0 aliphatic heterocycles. The zero-order valence-corrected chi connectivity index (χ0v) is 10.6. The third-order valence-electron chi connectivity index (χ3n) is 2.60. The number of benzene rings is 1. The number of carbonyl (C=O) groups is 3. The van der Waals surface area contributed by atoms with Crippen molar-refractivity contribution in [2.75, 3.05) is 6.54 Å². The van der Waals surface area contributed by atoms with Gasteiger partial charge in [0.1, 0.15) is 0 Å². The summed E-state index contributed by atoms with van der Waals surface area (Å²) in [5.74, 6) is -2.31. The van der Waals surface area contributed by atoms with Gasteiger partial charge in [-0.05, 0) is 19.9 Å². The van der Waals surface area contributed by atoms with Crippen LogP contribution >= 0.6 is 0 Å². The molecule has 0 heterocycles. The summed E-state index contributed by atoms with van der Waals surface area (Å²) >= 11 is 0. The van der Waals surface area contributed by atoms with E-state index in [4.69, 9.17) is 5.11 Å². The summed E-state index contributed by atoms with van der Waals surface area (Å²) < 4.78 is 0. The second-order valence-electron chi connectivity index (χ2n) is 4.36. The van der Waals surface area contributed by atoms with E-state index < -0.39 is 24.0 Å². The van der Waals surface area contributed by atoms with Crippen molar-refractivity contribution in [3.05, 3.63) is 35.4 Å². The maximum Gasteiger partial charge on any atom is 0.337 e. The van der Waals surface area contributed by atoms with Crippen molar-refractivity contribution in [1.82, 2.24) is 5.32 Å². The van der Waals surface area contributed by atoms with Crippen LogP contribution in [0.4, 0.5) is 0 Å². The van der Waals surface area contributed by atoms with Gasteiger partial charge in [-0.15, -0.1) is 0 Å². The Kier molecular flexibility index (Phi) is 4.39. The Balaban J connectivity index is 2.86. The molecule has 19 heavy (non-hydrogen) atoms. The van der Waals surface area contributed by atoms with E-state index in [1.807, 2.05) is 0 Å². The van der Waals surface area contributed by atoms with Crippen LogP contribution in [-0.4, -0.2) is 40.0 Å². The molecule has 1 aromatic carbocycles. The lowest BCUT2D eigenvalue weighted by molar-refractivity contribution is -0.155. The average Bonchev–Trinajstić information content (AvgIpc) is 2.35. The monoisotopic (exact) mass is 265 g/mol. The molecule has 1 atom stereocenters. The summed E-state index contributed by atoms with van der Waals surface area (Å²) in [5.41, 5.74) is -1.66. The maximum atomic E-state index is 11.9. The van der Waals surface area contributed by atoms with Crippen molar-refractivity contribution >= 4 is 17.7 Å². The Morgan fingerprint density at radius 2 is 1.74 bits per heavy atom. The number of hydrogen-bond donors (Lipinski definition) is 3. The first-order valence-corrected chi connectivity index (χ1v) is 5.59. The van der Waals surface area contributed by atoms with Crippen molar-refractivity contribution < 1.29 is 24.6 Å². The highest BCUT2D eigenvalue weighted by Gasteiger charge is 2.30. The molecular weight excluding hydrogens is 250 g/mol. The van der Waals surface area contributed by atoms with Gasteiger partial charge < -0.3 is 15.5 Å². The molecule has 1 unspecified atom stereocenters. The molecule has 1 aromatic rings. The van der Waals surface area contributed by atoms with Gasteiger partial charge in [0.05, 0.1) is 12.1 Å². The van der Waals surface area contributed by atoms with Crippen molar-refractivity contribution in [3.8, 4) is 0 Å². The van der Waals surface area contributed by atoms with Crippen LogP contribution in [-0.2, 0) is 4.79 Å². The molecule has 6 nitrogen and oxygen atoms in total. The molecule has 102 valence electrons. The summed E-state index contributed by atoms with van der Waals surface area (Å²) in [4.78, 5) is 33.9. The molecule has 6 heteroatoms. The summed E-state index contributed by atoms with van der Waals surface area (Å²) in [6.07, 6.45) is 0. The Morgan fingerprint density at radius 1 is 1.21 bits per heavy atom. The topological polar surface area (TPSA) is 104 Å². The van der Waals surface area contributed by atoms with E-state index in [0.717, 1.165) is 6.92 Å². The van der Waals surface area contributed by atoms with E-state index in [1.165, 1.54) is 19.1 Å². The number of aliphatic hydroxyl groups is 1. The fourth-order valence-corrected chi connectivity index (χ4v) is 1.41. The molecule has 0 saturated carbocycles. The predicted octanol–water partition coefficient (Wildman–Crippen LogP) is 0.455. The first kappa shape index (κ1) is 14.8. The van der Waals surface area contributed by atoms with Gasteiger partial charge in [-0.1, -0.05) is 18.2 Å². The highest BCUT2D eigenvalue weighted by molar-refractivity contribution is 6.07. The van der Waals surface area contributed by atoms with Crippen LogP contribution in [0.5, 0.6) is 0 Å². The number of Topliss-reactive ketones (excluding diaryl/α,β-unsaturated/α-hetero) is 1. The number of carbonyl (C=O) groups excluding carboxylic acids is 2. The number of hydrogen-bond acceptors (Lipinski definition) is 4. The standard InChI is InChI=1S/C13H15NO5/c1-8(15)9-5-3-4-6-10(9)11(16)14-7-13(2,19)12(17)18/h3-6,19H,7H2,1-2H3,(H,14,16)(H,17,18). The number of ketones is 1. The smallest absolute Gasteiger partial charge is 0.337 e. The largest absolute Gasteiger partial charge is 0.479 e. The summed E-state index contributed by atoms with van der Waals surface area (Å²) in [6.45, 7) is 1.96. The van der Waals surface area contributed by atoms with Gasteiger partial charge in [0, 0.05) is 5.56 Å². The minimum absolute atomic E-state index is 0.149. The summed E-state index contributed by atoms with van der Waals surface area (Å²) in [7, 11) is 0. The second kappa shape index (κ2) is 5.62. The zero-order valence-electron chi connectivity index (χ0n) is 10.6. The third kappa shape index (κ3) is 3.62. The van der Waals surface area contributed by atoms with Gasteiger partial charge in [-0.2, -0.15) is 0 Å². The van der Waals surface area contributed by atoms with Crippen LogP contribution < -0.4 is 5.32 Å². The Hall–Kier alpha value is -2.21. The van der Waals surface area contributed by atoms with Gasteiger partial charge in [-0.25, -0.2) is 4.79 Å². The van der Waals surface area contributed by atoms with Gasteiger partial charge in [0.15, 0.2) is 11.4 Å². The molecule has 0 radical (unpaired) electrons. The van der Waals surface area contributed by atoms with Crippen LogP contribution in [0, 0.1) is 0 Å². The SMILES string of the molecule is CC(=O)c1ccccc1C(=O)NCC(C)(O)C(=O)O. The highest BCUT2D eigenvalue weighted by Crippen LogP contribution is 2.10. The van der Waals surface area contributed by atoms with E-state index >= 15 is 0 Å². The van der Waals surface area contributed by atoms with Crippen LogP contribution in [0.1, 0.15) is 34.6 Å². The highest BCUT2D eigenvalue weighted by atomic mass is 16.4. The molecule has 0 saturated heterocycles. The number of carboxylic acid groups (broad SMARTS) is 1. The number of aliphatic carboxylic acids is 1. The molecule has 0 aliphatic rings. The van der Waals surface area contributed by atoms with E-state index in [0.29, 0.717) is 0 Å². The van der Waals surface area contributed by atoms with Crippen molar-refractivity contribution in [1.29, 1.82) is 0 Å². The van der Waals surface area contributed by atoms with Crippen molar-refractivity contribution in [3.63, 3.8) is 0 Å². The fourth-order valence-electron chi connectivity index (χ4n) is 1.41. The molecule has 0 spiro atoms. The van der Waals surface area contributed by atoms with Gasteiger partial charge >= 0.3 is 5.97 Å². The third-order valence-corrected chi connectivity index (χ3v) is 2.60. The predicted molar refractivity (Wildman–Crippen MR) is 67.0 cm³/mol. The van der Waals surface area contributed by atoms with E-state index in [9.17, 15) is 19.5 Å². The molecule has 1 amide bonds. The van der Waals surface area contributed by atoms with Gasteiger partial charge in [0.25, 0.3) is 5.91 Å². The lowest BCUT2D eigenvalue weighted by atomic mass is 10.0. The normalized spacial score (nSPS) is 13.4. The first-order chi connectivity index (χ1) is 8.75. The molecular formula is C13H15NO5. The zero-order chi connectivity index (χ0) is 14.6.